The highest BCUT2D eigenvalue weighted by Crippen LogP contribution is 2.30. The molecular formula is C15H12ClFN2O. The van der Waals surface area contributed by atoms with E-state index < -0.39 is 0 Å². The molecule has 1 heterocycles. The highest BCUT2D eigenvalue weighted by atomic mass is 35.5. The van der Waals surface area contributed by atoms with E-state index in [1.165, 1.54) is 18.5 Å². The zero-order valence-corrected chi connectivity index (χ0v) is 11.5. The zero-order chi connectivity index (χ0) is 13.2. The summed E-state index contributed by atoms with van der Waals surface area (Å²) in [6, 6.07) is 10.2. The van der Waals surface area contributed by atoms with Gasteiger partial charge in [-0.05, 0) is 35.4 Å². The molecule has 102 valence electrons. The van der Waals surface area contributed by atoms with Crippen LogP contribution in [0.2, 0.25) is 0 Å². The lowest BCUT2D eigenvalue weighted by Crippen LogP contribution is -1.90. The largest absolute Gasteiger partial charge is 0.494 e. The summed E-state index contributed by atoms with van der Waals surface area (Å²) in [5, 5.41) is 0.862. The average molecular weight is 291 g/mol. The van der Waals surface area contributed by atoms with E-state index in [1.807, 2.05) is 18.2 Å². The van der Waals surface area contributed by atoms with Gasteiger partial charge >= 0.3 is 0 Å². The predicted octanol–water partition coefficient (Wildman–Crippen LogP) is 3.87. The second-order valence-electron chi connectivity index (χ2n) is 4.15. The van der Waals surface area contributed by atoms with Crippen LogP contribution < -0.4 is 4.74 Å². The number of methoxy groups -OCH3 is 1. The first-order valence-electron chi connectivity index (χ1n) is 5.81. The van der Waals surface area contributed by atoms with Gasteiger partial charge in [0.1, 0.15) is 23.4 Å². The van der Waals surface area contributed by atoms with Crippen molar-refractivity contribution in [1.82, 2.24) is 9.97 Å². The Labute approximate surface area is 121 Å². The topological polar surface area (TPSA) is 35.0 Å². The minimum atomic E-state index is -0.263. The van der Waals surface area contributed by atoms with Gasteiger partial charge in [0, 0.05) is 11.6 Å². The van der Waals surface area contributed by atoms with Crippen molar-refractivity contribution >= 4 is 23.3 Å². The van der Waals surface area contributed by atoms with Crippen molar-refractivity contribution in [2.45, 2.75) is 0 Å². The Kier molecular flexibility index (Phi) is 4.15. The summed E-state index contributed by atoms with van der Waals surface area (Å²) in [6.45, 7) is 0. The number of fused-ring (bicyclic) bond motifs is 1. The van der Waals surface area contributed by atoms with Gasteiger partial charge in [-0.3, -0.25) is 0 Å². The summed E-state index contributed by atoms with van der Waals surface area (Å²) in [5.41, 5.74) is 2.42. The van der Waals surface area contributed by atoms with Gasteiger partial charge in [-0.25, -0.2) is 14.4 Å². The molecule has 0 fully saturated rings. The molecule has 0 aliphatic carbocycles. The Morgan fingerprint density at radius 3 is 2.70 bits per heavy atom. The summed E-state index contributed by atoms with van der Waals surface area (Å²) in [6.07, 6.45) is 3.19. The maximum Gasteiger partial charge on any atom is 0.145 e. The fourth-order valence-corrected chi connectivity index (χ4v) is 2.06. The molecule has 0 atom stereocenters. The van der Waals surface area contributed by atoms with Crippen LogP contribution in [0.1, 0.15) is 0 Å². The molecule has 20 heavy (non-hydrogen) atoms. The van der Waals surface area contributed by atoms with Crippen molar-refractivity contribution in [2.24, 2.45) is 0 Å². The number of nitrogens with zero attached hydrogens (tertiary/aromatic N) is 2. The van der Waals surface area contributed by atoms with Crippen LogP contribution in [0.4, 0.5) is 4.39 Å². The van der Waals surface area contributed by atoms with E-state index in [-0.39, 0.29) is 18.2 Å². The summed E-state index contributed by atoms with van der Waals surface area (Å²) in [7, 11) is 1.59. The SMILES string of the molecule is COc1cc(-c2cccc(F)c2)cc2cncnc12.Cl. The Morgan fingerprint density at radius 1 is 1.10 bits per heavy atom. The molecule has 0 aliphatic rings. The molecule has 0 spiro atoms. The highest BCUT2D eigenvalue weighted by molar-refractivity contribution is 5.89. The minimum Gasteiger partial charge on any atom is -0.494 e. The standard InChI is InChI=1S/C15H11FN2O.ClH/c1-19-14-7-11(10-3-2-4-13(16)6-10)5-12-8-17-9-18-15(12)14;/h2-9H,1H3;1H. The van der Waals surface area contributed by atoms with Gasteiger partial charge in [0.05, 0.1) is 7.11 Å². The van der Waals surface area contributed by atoms with Crippen LogP contribution in [-0.4, -0.2) is 17.1 Å². The van der Waals surface area contributed by atoms with Crippen LogP contribution in [0.3, 0.4) is 0 Å². The first kappa shape index (κ1) is 14.2. The van der Waals surface area contributed by atoms with Crippen LogP contribution in [-0.2, 0) is 0 Å². The Balaban J connectivity index is 0.00000147. The van der Waals surface area contributed by atoms with E-state index in [0.29, 0.717) is 5.75 Å². The van der Waals surface area contributed by atoms with Crippen molar-refractivity contribution in [1.29, 1.82) is 0 Å². The number of hydrogen-bond donors (Lipinski definition) is 0. The third kappa shape index (κ3) is 2.56. The second-order valence-corrected chi connectivity index (χ2v) is 4.15. The quantitative estimate of drug-likeness (QED) is 0.719. The molecule has 0 radical (unpaired) electrons. The summed E-state index contributed by atoms with van der Waals surface area (Å²) < 4.78 is 18.6. The van der Waals surface area contributed by atoms with Crippen molar-refractivity contribution in [3.8, 4) is 16.9 Å². The molecule has 1 aromatic heterocycles. The van der Waals surface area contributed by atoms with E-state index in [0.717, 1.165) is 22.0 Å². The molecule has 0 saturated carbocycles. The van der Waals surface area contributed by atoms with E-state index in [4.69, 9.17) is 4.74 Å². The molecule has 0 N–H and O–H groups in total. The van der Waals surface area contributed by atoms with Crippen molar-refractivity contribution in [3.05, 3.63) is 54.7 Å². The Morgan fingerprint density at radius 2 is 1.95 bits per heavy atom. The van der Waals surface area contributed by atoms with Crippen LogP contribution in [0.5, 0.6) is 5.75 Å². The van der Waals surface area contributed by atoms with Gasteiger partial charge < -0.3 is 4.74 Å². The molecule has 3 rings (SSSR count). The smallest absolute Gasteiger partial charge is 0.145 e. The van der Waals surface area contributed by atoms with Crippen molar-refractivity contribution in [3.63, 3.8) is 0 Å². The van der Waals surface area contributed by atoms with Gasteiger partial charge in [-0.2, -0.15) is 0 Å². The molecule has 5 heteroatoms. The van der Waals surface area contributed by atoms with Gasteiger partial charge in [-0.1, -0.05) is 12.1 Å². The lowest BCUT2D eigenvalue weighted by atomic mass is 10.0. The number of rotatable bonds is 2. The lowest BCUT2D eigenvalue weighted by molar-refractivity contribution is 0.419. The maximum atomic E-state index is 13.3. The minimum absolute atomic E-state index is 0. The predicted molar refractivity (Wildman–Crippen MR) is 78.7 cm³/mol. The number of benzene rings is 2. The number of ether oxygens (including phenoxy) is 1. The molecule has 3 nitrogen and oxygen atoms in total. The van der Waals surface area contributed by atoms with E-state index in [9.17, 15) is 4.39 Å². The van der Waals surface area contributed by atoms with Gasteiger partial charge in [0.25, 0.3) is 0 Å². The molecule has 3 aromatic rings. The van der Waals surface area contributed by atoms with E-state index in [2.05, 4.69) is 9.97 Å². The van der Waals surface area contributed by atoms with Gasteiger partial charge in [0.15, 0.2) is 0 Å². The average Bonchev–Trinajstić information content (AvgIpc) is 2.46. The molecule has 2 aromatic carbocycles. The van der Waals surface area contributed by atoms with Gasteiger partial charge in [-0.15, -0.1) is 12.4 Å². The first-order valence-corrected chi connectivity index (χ1v) is 5.81. The van der Waals surface area contributed by atoms with Gasteiger partial charge in [0.2, 0.25) is 0 Å². The lowest BCUT2D eigenvalue weighted by Gasteiger charge is -2.08. The molecule has 0 amide bonds. The fourth-order valence-electron chi connectivity index (χ4n) is 2.06. The number of hydrogen-bond acceptors (Lipinski definition) is 3. The zero-order valence-electron chi connectivity index (χ0n) is 10.7. The molecule has 0 aliphatic heterocycles. The van der Waals surface area contributed by atoms with Crippen molar-refractivity contribution < 1.29 is 9.13 Å². The molecule has 0 bridgehead atoms. The monoisotopic (exact) mass is 290 g/mol. The third-order valence-corrected chi connectivity index (χ3v) is 2.95. The van der Waals surface area contributed by atoms with E-state index in [1.54, 1.807) is 19.4 Å². The second kappa shape index (κ2) is 5.84. The summed E-state index contributed by atoms with van der Waals surface area (Å²) in [4.78, 5) is 8.19. The normalized spacial score (nSPS) is 10.1. The fraction of sp³-hybridized carbons (Fsp3) is 0.0667. The highest BCUT2D eigenvalue weighted by Gasteiger charge is 2.07. The Hall–Kier alpha value is -2.20. The number of halogens is 2. The number of aromatic nitrogens is 2. The summed E-state index contributed by atoms with van der Waals surface area (Å²) in [5.74, 6) is 0.389. The third-order valence-electron chi connectivity index (χ3n) is 2.95. The molecular weight excluding hydrogens is 279 g/mol. The first-order chi connectivity index (χ1) is 9.28. The van der Waals surface area contributed by atoms with Crippen LogP contribution >= 0.6 is 12.4 Å². The van der Waals surface area contributed by atoms with Crippen LogP contribution in [0.25, 0.3) is 22.0 Å². The van der Waals surface area contributed by atoms with Crippen molar-refractivity contribution in [2.75, 3.05) is 7.11 Å². The Bertz CT molecular complexity index is 749. The van der Waals surface area contributed by atoms with E-state index >= 15 is 0 Å². The van der Waals surface area contributed by atoms with Crippen LogP contribution in [0, 0.1) is 5.82 Å². The van der Waals surface area contributed by atoms with Crippen LogP contribution in [0.15, 0.2) is 48.9 Å². The molecule has 0 saturated heterocycles. The summed E-state index contributed by atoms with van der Waals surface area (Å²) >= 11 is 0. The molecule has 0 unspecified atom stereocenters. The maximum absolute atomic E-state index is 13.3.